The minimum absolute atomic E-state index is 0.106. The molecule has 6 nitrogen and oxygen atoms in total. The Morgan fingerprint density at radius 1 is 1.38 bits per heavy atom. The van der Waals surface area contributed by atoms with E-state index in [9.17, 15) is 10.1 Å². The Labute approximate surface area is 161 Å². The van der Waals surface area contributed by atoms with Gasteiger partial charge in [0.25, 0.3) is 0 Å². The van der Waals surface area contributed by atoms with Crippen molar-refractivity contribution in [1.29, 1.82) is 5.26 Å². The number of carbonyl (C=O) groups excluding carboxylic acids is 1. The second kappa shape index (κ2) is 6.99. The third-order valence-electron chi connectivity index (χ3n) is 4.08. The van der Waals surface area contributed by atoms with Gasteiger partial charge in [-0.25, -0.2) is 9.97 Å². The summed E-state index contributed by atoms with van der Waals surface area (Å²) >= 11 is 2.76. The molecular weight excluding hydrogens is 366 g/mol. The summed E-state index contributed by atoms with van der Waals surface area (Å²) in [6.07, 6.45) is 4.05. The van der Waals surface area contributed by atoms with Crippen molar-refractivity contribution < 1.29 is 4.79 Å². The summed E-state index contributed by atoms with van der Waals surface area (Å²) in [6.45, 7) is 8.48. The van der Waals surface area contributed by atoms with Gasteiger partial charge in [-0.05, 0) is 45.7 Å². The maximum atomic E-state index is 12.3. The number of hydrogen-bond acceptors (Lipinski definition) is 7. The molecule has 1 aliphatic heterocycles. The maximum absolute atomic E-state index is 12.3. The Morgan fingerprint density at radius 3 is 2.73 bits per heavy atom. The number of carbonyl (C=O) groups is 1. The van der Waals surface area contributed by atoms with Crippen molar-refractivity contribution in [2.24, 2.45) is 0 Å². The monoisotopic (exact) mass is 387 g/mol. The molecule has 2 N–H and O–H groups in total. The van der Waals surface area contributed by atoms with Gasteiger partial charge in [0.1, 0.15) is 11.1 Å². The zero-order valence-corrected chi connectivity index (χ0v) is 16.8. The highest BCUT2D eigenvalue weighted by Crippen LogP contribution is 2.44. The van der Waals surface area contributed by atoms with Gasteiger partial charge in [0.15, 0.2) is 5.16 Å². The Bertz CT molecular complexity index is 868. The summed E-state index contributed by atoms with van der Waals surface area (Å²) < 4.78 is 0. The van der Waals surface area contributed by atoms with E-state index in [0.29, 0.717) is 15.7 Å². The van der Waals surface area contributed by atoms with E-state index in [0.717, 1.165) is 16.9 Å². The molecule has 0 aromatic carbocycles. The number of nitrogens with zero attached hydrogens (tertiary/aromatic N) is 3. The van der Waals surface area contributed by atoms with E-state index in [2.05, 4.69) is 54.4 Å². The van der Waals surface area contributed by atoms with Gasteiger partial charge in [-0.2, -0.15) is 5.26 Å². The molecule has 0 saturated heterocycles. The van der Waals surface area contributed by atoms with Gasteiger partial charge in [0, 0.05) is 28.3 Å². The van der Waals surface area contributed by atoms with Crippen LogP contribution in [0.2, 0.25) is 0 Å². The Balaban J connectivity index is 1.80. The maximum Gasteiger partial charge on any atom is 0.235 e. The fraction of sp³-hybridized carbons (Fsp3) is 0.444. The molecule has 0 radical (unpaired) electrons. The lowest BCUT2D eigenvalue weighted by Gasteiger charge is -2.42. The summed E-state index contributed by atoms with van der Waals surface area (Å²) in [5.41, 5.74) is 1.27. The quantitative estimate of drug-likeness (QED) is 0.618. The molecule has 2 aromatic heterocycles. The molecule has 136 valence electrons. The number of rotatable bonds is 4. The highest BCUT2D eigenvalue weighted by molar-refractivity contribution is 7.99. The molecule has 1 aliphatic rings. The molecule has 3 rings (SSSR count). The molecule has 0 bridgehead atoms. The van der Waals surface area contributed by atoms with Gasteiger partial charge in [0.2, 0.25) is 5.91 Å². The molecule has 0 spiro atoms. The zero-order valence-electron chi connectivity index (χ0n) is 15.2. The number of fused-ring (bicyclic) bond motifs is 1. The third-order valence-corrected chi connectivity index (χ3v) is 6.43. The second-order valence-electron chi connectivity index (χ2n) is 7.40. The van der Waals surface area contributed by atoms with Crippen molar-refractivity contribution in [3.05, 3.63) is 34.5 Å². The topological polar surface area (TPSA) is 90.7 Å². The first-order valence-corrected chi connectivity index (χ1v) is 10.1. The van der Waals surface area contributed by atoms with Crippen LogP contribution in [0, 0.1) is 11.3 Å². The normalized spacial score (nSPS) is 17.2. The van der Waals surface area contributed by atoms with Gasteiger partial charge in [-0.15, -0.1) is 11.3 Å². The van der Waals surface area contributed by atoms with Crippen molar-refractivity contribution in [3.63, 3.8) is 0 Å². The van der Waals surface area contributed by atoms with Crippen molar-refractivity contribution in [2.45, 2.75) is 50.4 Å². The number of aromatic nitrogens is 2. The minimum Gasteiger partial charge on any atom is -0.316 e. The van der Waals surface area contributed by atoms with Gasteiger partial charge in [-0.3, -0.25) is 4.79 Å². The fourth-order valence-electron chi connectivity index (χ4n) is 3.39. The number of nitrogens with one attached hydrogen (secondary N) is 2. The fourth-order valence-corrected chi connectivity index (χ4v) is 5.23. The van der Waals surface area contributed by atoms with E-state index >= 15 is 0 Å². The summed E-state index contributed by atoms with van der Waals surface area (Å²) in [6, 6.07) is 4.03. The highest BCUT2D eigenvalue weighted by atomic mass is 32.2. The SMILES string of the molecule is CC1(C)Cc2c(sc(NC(=O)CSc3ncccn3)c2C#N)C(C)(C)N1. The average Bonchev–Trinajstić information content (AvgIpc) is 2.90. The smallest absolute Gasteiger partial charge is 0.235 e. The van der Waals surface area contributed by atoms with E-state index in [1.54, 1.807) is 18.5 Å². The molecule has 0 aliphatic carbocycles. The van der Waals surface area contributed by atoms with Crippen LogP contribution in [0.4, 0.5) is 5.00 Å². The van der Waals surface area contributed by atoms with E-state index in [4.69, 9.17) is 0 Å². The minimum atomic E-state index is -0.247. The largest absolute Gasteiger partial charge is 0.316 e. The summed E-state index contributed by atoms with van der Waals surface area (Å²) in [5, 5.41) is 17.4. The van der Waals surface area contributed by atoms with Crippen molar-refractivity contribution >= 4 is 34.0 Å². The first-order valence-electron chi connectivity index (χ1n) is 8.27. The van der Waals surface area contributed by atoms with E-state index in [1.807, 2.05) is 0 Å². The Morgan fingerprint density at radius 2 is 2.08 bits per heavy atom. The Kier molecular flexibility index (Phi) is 5.06. The predicted octanol–water partition coefficient (Wildman–Crippen LogP) is 3.30. The first-order chi connectivity index (χ1) is 12.2. The van der Waals surface area contributed by atoms with Crippen LogP contribution in [0.1, 0.15) is 43.7 Å². The molecule has 0 saturated carbocycles. The highest BCUT2D eigenvalue weighted by Gasteiger charge is 2.40. The van der Waals surface area contributed by atoms with Crippen molar-refractivity contribution in [2.75, 3.05) is 11.1 Å². The van der Waals surface area contributed by atoms with Crippen molar-refractivity contribution in [1.82, 2.24) is 15.3 Å². The van der Waals surface area contributed by atoms with Crippen LogP contribution in [-0.2, 0) is 16.8 Å². The predicted molar refractivity (Wildman–Crippen MR) is 104 cm³/mol. The molecule has 0 fully saturated rings. The molecule has 0 unspecified atom stereocenters. The third kappa shape index (κ3) is 3.90. The number of amides is 1. The number of hydrogen-bond donors (Lipinski definition) is 2. The van der Waals surface area contributed by atoms with Crippen LogP contribution in [-0.4, -0.2) is 27.2 Å². The number of thiophene rings is 1. The van der Waals surface area contributed by atoms with Crippen LogP contribution >= 0.6 is 23.1 Å². The van der Waals surface area contributed by atoms with Crippen LogP contribution in [0.3, 0.4) is 0 Å². The van der Waals surface area contributed by atoms with Crippen LogP contribution in [0.5, 0.6) is 0 Å². The van der Waals surface area contributed by atoms with Crippen LogP contribution in [0.25, 0.3) is 0 Å². The van der Waals surface area contributed by atoms with E-state index in [-0.39, 0.29) is 22.7 Å². The molecule has 0 atom stereocenters. The lowest BCUT2D eigenvalue weighted by atomic mass is 9.81. The molecule has 3 heterocycles. The average molecular weight is 388 g/mol. The molecule has 1 amide bonds. The van der Waals surface area contributed by atoms with Gasteiger partial charge in [-0.1, -0.05) is 11.8 Å². The molecule has 26 heavy (non-hydrogen) atoms. The molecule has 8 heteroatoms. The summed E-state index contributed by atoms with van der Waals surface area (Å²) in [5.74, 6) is 0.0347. The van der Waals surface area contributed by atoms with Crippen LogP contribution < -0.4 is 10.6 Å². The van der Waals surface area contributed by atoms with Gasteiger partial charge >= 0.3 is 0 Å². The van der Waals surface area contributed by atoms with Gasteiger partial charge < -0.3 is 10.6 Å². The lowest BCUT2D eigenvalue weighted by molar-refractivity contribution is -0.113. The van der Waals surface area contributed by atoms with Gasteiger partial charge in [0.05, 0.1) is 11.3 Å². The first kappa shape index (κ1) is 18.8. The summed E-state index contributed by atoms with van der Waals surface area (Å²) in [4.78, 5) is 21.6. The van der Waals surface area contributed by atoms with Crippen LogP contribution in [0.15, 0.2) is 23.6 Å². The lowest BCUT2D eigenvalue weighted by Crippen LogP contribution is -2.54. The Hall–Kier alpha value is -1.95. The summed E-state index contributed by atoms with van der Waals surface area (Å²) in [7, 11) is 0. The van der Waals surface area contributed by atoms with E-state index in [1.165, 1.54) is 23.1 Å². The number of thioether (sulfide) groups is 1. The molecule has 2 aromatic rings. The number of anilines is 1. The number of nitriles is 1. The standard InChI is InChI=1S/C18H21N5OS2/c1-17(2)8-11-12(9-19)15(26-14(11)18(3,4)23-17)22-13(24)10-25-16-20-6-5-7-21-16/h5-7,23H,8,10H2,1-4H3,(H,22,24). The second-order valence-corrected chi connectivity index (χ2v) is 9.37. The zero-order chi connectivity index (χ0) is 18.9. The van der Waals surface area contributed by atoms with Crippen molar-refractivity contribution in [3.8, 4) is 6.07 Å². The molecular formula is C18H21N5OS2. The van der Waals surface area contributed by atoms with E-state index < -0.39 is 0 Å².